The van der Waals surface area contributed by atoms with Crippen LogP contribution in [0.3, 0.4) is 0 Å². The average Bonchev–Trinajstić information content (AvgIpc) is 2.98. The number of thioether (sulfide) groups is 1. The Balaban J connectivity index is 1.84. The van der Waals surface area contributed by atoms with Crippen molar-refractivity contribution in [2.45, 2.75) is 22.3 Å². The molecule has 0 aliphatic carbocycles. The monoisotopic (exact) mass is 365 g/mol. The minimum absolute atomic E-state index is 0.0609. The fraction of sp³-hybridized carbons (Fsp3) is 0.312. The molecule has 0 radical (unpaired) electrons. The Bertz CT molecular complexity index is 874. The molecule has 1 aromatic carbocycles. The van der Waals surface area contributed by atoms with Crippen molar-refractivity contribution in [1.82, 2.24) is 14.6 Å². The zero-order chi connectivity index (χ0) is 17.3. The van der Waals surface area contributed by atoms with Crippen molar-refractivity contribution >= 4 is 27.7 Å². The van der Waals surface area contributed by atoms with Crippen molar-refractivity contribution in [1.29, 1.82) is 0 Å². The van der Waals surface area contributed by atoms with E-state index < -0.39 is 10.0 Å². The number of carbonyl (C=O) groups is 1. The lowest BCUT2D eigenvalue weighted by Crippen LogP contribution is -2.31. The van der Waals surface area contributed by atoms with Gasteiger partial charge in [0.05, 0.1) is 6.04 Å². The van der Waals surface area contributed by atoms with Gasteiger partial charge in [0.25, 0.3) is 5.91 Å². The lowest BCUT2D eigenvalue weighted by atomic mass is 10.0. The van der Waals surface area contributed by atoms with E-state index in [4.69, 9.17) is 0 Å². The molecule has 0 bridgehead atoms. The summed E-state index contributed by atoms with van der Waals surface area (Å²) in [4.78, 5) is 13.9. The first-order chi connectivity index (χ1) is 11.4. The average molecular weight is 365 g/mol. The number of aromatic nitrogens is 1. The molecule has 0 spiro atoms. The van der Waals surface area contributed by atoms with Crippen molar-refractivity contribution < 1.29 is 13.2 Å². The quantitative estimate of drug-likeness (QED) is 0.867. The number of carbonyl (C=O) groups excluding carboxylic acids is 1. The van der Waals surface area contributed by atoms with E-state index in [0.29, 0.717) is 5.69 Å². The number of hydrogen-bond acceptors (Lipinski definition) is 4. The van der Waals surface area contributed by atoms with Crippen LogP contribution in [0.2, 0.25) is 0 Å². The molecule has 1 unspecified atom stereocenters. The predicted octanol–water partition coefficient (Wildman–Crippen LogP) is 1.90. The molecule has 0 saturated carbocycles. The van der Waals surface area contributed by atoms with Gasteiger partial charge in [-0.3, -0.25) is 4.79 Å². The zero-order valence-electron chi connectivity index (χ0n) is 13.4. The molecule has 24 heavy (non-hydrogen) atoms. The predicted molar refractivity (Wildman–Crippen MR) is 93.6 cm³/mol. The molecule has 2 N–H and O–H groups in total. The van der Waals surface area contributed by atoms with Crippen LogP contribution in [-0.2, 0) is 17.1 Å². The van der Waals surface area contributed by atoms with Crippen LogP contribution >= 0.6 is 11.8 Å². The van der Waals surface area contributed by atoms with Gasteiger partial charge in [0.15, 0.2) is 0 Å². The largest absolute Gasteiger partial charge is 0.345 e. The van der Waals surface area contributed by atoms with Crippen molar-refractivity contribution in [3.8, 4) is 0 Å². The van der Waals surface area contributed by atoms with E-state index in [1.165, 1.54) is 28.8 Å². The van der Waals surface area contributed by atoms with Crippen molar-refractivity contribution in [2.24, 2.45) is 7.05 Å². The number of nitrogens with zero attached hydrogens (tertiary/aromatic N) is 1. The third-order valence-electron chi connectivity index (χ3n) is 4.06. The molecule has 1 aromatic heterocycles. The molecule has 2 aromatic rings. The zero-order valence-corrected chi connectivity index (χ0v) is 15.1. The van der Waals surface area contributed by atoms with Gasteiger partial charge in [-0.25, -0.2) is 13.1 Å². The Kier molecular flexibility index (Phi) is 4.71. The second-order valence-corrected chi connectivity index (χ2v) is 8.60. The van der Waals surface area contributed by atoms with Gasteiger partial charge in [-0.1, -0.05) is 18.2 Å². The van der Waals surface area contributed by atoms with Gasteiger partial charge in [0.2, 0.25) is 10.0 Å². The molecule has 128 valence electrons. The molecule has 1 amide bonds. The molecule has 6 nitrogen and oxygen atoms in total. The fourth-order valence-corrected chi connectivity index (χ4v) is 4.67. The van der Waals surface area contributed by atoms with Gasteiger partial charge in [-0.05, 0) is 31.2 Å². The van der Waals surface area contributed by atoms with E-state index in [-0.39, 0.29) is 16.8 Å². The summed E-state index contributed by atoms with van der Waals surface area (Å²) < 4.78 is 27.6. The minimum atomic E-state index is -3.57. The van der Waals surface area contributed by atoms with Gasteiger partial charge >= 0.3 is 0 Å². The maximum absolute atomic E-state index is 12.6. The third kappa shape index (κ3) is 3.22. The van der Waals surface area contributed by atoms with Crippen LogP contribution < -0.4 is 10.0 Å². The van der Waals surface area contributed by atoms with E-state index >= 15 is 0 Å². The van der Waals surface area contributed by atoms with Crippen LogP contribution in [0.4, 0.5) is 0 Å². The van der Waals surface area contributed by atoms with Crippen LogP contribution in [-0.4, -0.2) is 31.7 Å². The van der Waals surface area contributed by atoms with Crippen molar-refractivity contribution in [3.63, 3.8) is 0 Å². The molecule has 1 atom stereocenters. The fourth-order valence-electron chi connectivity index (χ4n) is 2.75. The second-order valence-electron chi connectivity index (χ2n) is 5.58. The number of benzene rings is 1. The first-order valence-electron chi connectivity index (χ1n) is 7.55. The molecule has 3 rings (SSSR count). The highest BCUT2D eigenvalue weighted by Crippen LogP contribution is 2.35. The topological polar surface area (TPSA) is 80.2 Å². The van der Waals surface area contributed by atoms with Gasteiger partial charge < -0.3 is 9.88 Å². The van der Waals surface area contributed by atoms with Crippen LogP contribution in [0.15, 0.2) is 46.3 Å². The molecule has 0 fully saturated rings. The Morgan fingerprint density at radius 3 is 2.83 bits per heavy atom. The molecule has 1 aliphatic heterocycles. The maximum Gasteiger partial charge on any atom is 0.268 e. The first-order valence-corrected chi connectivity index (χ1v) is 10.0. The highest BCUT2D eigenvalue weighted by molar-refractivity contribution is 7.99. The lowest BCUT2D eigenvalue weighted by Gasteiger charge is -2.25. The number of aryl methyl sites for hydroxylation is 1. The Morgan fingerprint density at radius 1 is 1.33 bits per heavy atom. The summed E-state index contributed by atoms with van der Waals surface area (Å²) >= 11 is 1.78. The summed E-state index contributed by atoms with van der Waals surface area (Å²) in [7, 11) is -0.562. The molecule has 1 aliphatic rings. The number of amides is 1. The summed E-state index contributed by atoms with van der Waals surface area (Å²) in [5.74, 6) is 0.663. The Morgan fingerprint density at radius 2 is 2.08 bits per heavy atom. The highest BCUT2D eigenvalue weighted by atomic mass is 32.2. The summed E-state index contributed by atoms with van der Waals surface area (Å²) in [6.45, 7) is 0. The second kappa shape index (κ2) is 6.62. The smallest absolute Gasteiger partial charge is 0.268 e. The normalized spacial score (nSPS) is 17.3. The summed E-state index contributed by atoms with van der Waals surface area (Å²) in [6, 6.07) is 9.36. The molecule has 0 saturated heterocycles. The van der Waals surface area contributed by atoms with E-state index in [0.717, 1.165) is 17.7 Å². The number of fused-ring (bicyclic) bond motifs is 1. The van der Waals surface area contributed by atoms with Crippen molar-refractivity contribution in [3.05, 3.63) is 47.8 Å². The number of hydrogen-bond donors (Lipinski definition) is 2. The Labute approximate surface area is 145 Å². The summed E-state index contributed by atoms with van der Waals surface area (Å²) in [6.07, 6.45) is 2.28. The third-order valence-corrected chi connectivity index (χ3v) is 6.56. The lowest BCUT2D eigenvalue weighted by molar-refractivity contribution is 0.0926. The van der Waals surface area contributed by atoms with Crippen molar-refractivity contribution in [2.75, 3.05) is 12.8 Å². The number of rotatable bonds is 4. The molecule has 2 heterocycles. The number of nitrogens with one attached hydrogen (secondary N) is 2. The number of sulfonamides is 1. The summed E-state index contributed by atoms with van der Waals surface area (Å²) in [5, 5.41) is 3.03. The van der Waals surface area contributed by atoms with Crippen LogP contribution in [0.25, 0.3) is 0 Å². The van der Waals surface area contributed by atoms with Crippen LogP contribution in [0, 0.1) is 0 Å². The first kappa shape index (κ1) is 17.1. The molecular weight excluding hydrogens is 346 g/mol. The molecule has 8 heteroatoms. The van der Waals surface area contributed by atoms with E-state index in [2.05, 4.69) is 16.1 Å². The van der Waals surface area contributed by atoms with Gasteiger partial charge in [0, 0.05) is 23.9 Å². The SMILES string of the molecule is CNS(=O)(=O)c1cc(C(=O)NC2CCSc3ccccc32)n(C)c1. The van der Waals surface area contributed by atoms with Crippen LogP contribution in [0.5, 0.6) is 0 Å². The maximum atomic E-state index is 12.6. The van der Waals surface area contributed by atoms with E-state index in [9.17, 15) is 13.2 Å². The molecular formula is C16H19N3O3S2. The Hall–Kier alpha value is -1.77. The van der Waals surface area contributed by atoms with Gasteiger partial charge in [0.1, 0.15) is 10.6 Å². The van der Waals surface area contributed by atoms with E-state index in [1.807, 2.05) is 18.2 Å². The highest BCUT2D eigenvalue weighted by Gasteiger charge is 2.25. The summed E-state index contributed by atoms with van der Waals surface area (Å²) in [5.41, 5.74) is 1.43. The van der Waals surface area contributed by atoms with Gasteiger partial charge in [-0.15, -0.1) is 11.8 Å². The van der Waals surface area contributed by atoms with E-state index in [1.54, 1.807) is 18.8 Å². The minimum Gasteiger partial charge on any atom is -0.345 e. The standard InChI is InChI=1S/C16H19N3O3S2/c1-17-24(21,22)11-9-14(19(2)10-11)16(20)18-13-7-8-23-15-6-4-3-5-12(13)15/h3-6,9-10,13,17H,7-8H2,1-2H3,(H,18,20). The van der Waals surface area contributed by atoms with Gasteiger partial charge in [-0.2, -0.15) is 0 Å². The van der Waals surface area contributed by atoms with Crippen LogP contribution in [0.1, 0.15) is 28.5 Å².